The van der Waals surface area contributed by atoms with Crippen LogP contribution in [-0.2, 0) is 11.2 Å². The summed E-state index contributed by atoms with van der Waals surface area (Å²) >= 11 is 0. The highest BCUT2D eigenvalue weighted by Gasteiger charge is 2.31. The molecule has 2 N–H and O–H groups in total. The molecule has 3 rings (SSSR count). The zero-order valence-corrected chi connectivity index (χ0v) is 16.1. The van der Waals surface area contributed by atoms with Crippen molar-refractivity contribution in [1.82, 2.24) is 19.8 Å². The second kappa shape index (κ2) is 8.19. The van der Waals surface area contributed by atoms with Gasteiger partial charge in [0.25, 0.3) is 5.56 Å². The van der Waals surface area contributed by atoms with Crippen LogP contribution in [0.25, 0.3) is 11.0 Å². The summed E-state index contributed by atoms with van der Waals surface area (Å²) in [5.41, 5.74) is 0.835. The Balaban J connectivity index is 1.61. The van der Waals surface area contributed by atoms with E-state index >= 15 is 0 Å². The van der Waals surface area contributed by atoms with E-state index in [4.69, 9.17) is 0 Å². The maximum absolute atomic E-state index is 12.6. The number of para-hydroxylation sites is 2. The average Bonchev–Trinajstić information content (AvgIpc) is 2.80. The van der Waals surface area contributed by atoms with Gasteiger partial charge in [-0.15, -0.1) is 0 Å². The van der Waals surface area contributed by atoms with E-state index < -0.39 is 5.60 Å². The van der Waals surface area contributed by atoms with Crippen molar-refractivity contribution < 1.29 is 9.90 Å². The summed E-state index contributed by atoms with van der Waals surface area (Å²) in [5, 5.41) is 10.7. The molecule has 7 nitrogen and oxygen atoms in total. The van der Waals surface area contributed by atoms with Gasteiger partial charge in [-0.05, 0) is 45.5 Å². The van der Waals surface area contributed by atoms with E-state index in [1.165, 1.54) is 0 Å². The van der Waals surface area contributed by atoms with Gasteiger partial charge >= 0.3 is 0 Å². The molecular formula is C20H28N4O3. The lowest BCUT2D eigenvalue weighted by molar-refractivity contribution is -0.131. The van der Waals surface area contributed by atoms with Crippen LogP contribution in [0.1, 0.15) is 31.4 Å². The van der Waals surface area contributed by atoms with Gasteiger partial charge in [0.1, 0.15) is 5.69 Å². The third-order valence-corrected chi connectivity index (χ3v) is 5.13. The number of likely N-dealkylation sites (tertiary alicyclic amines) is 1. The lowest BCUT2D eigenvalue weighted by atomic mass is 9.94. The molecule has 1 aliphatic heterocycles. The van der Waals surface area contributed by atoms with Crippen molar-refractivity contribution in [3.8, 4) is 0 Å². The number of aromatic nitrogens is 2. The number of likely N-dealkylation sites (N-methyl/N-ethyl adjacent to an activating group) is 1. The number of hydrogen-bond acceptors (Lipinski definition) is 5. The molecule has 0 saturated carbocycles. The summed E-state index contributed by atoms with van der Waals surface area (Å²) in [4.78, 5) is 35.8. The minimum absolute atomic E-state index is 0.0125. The van der Waals surface area contributed by atoms with Gasteiger partial charge < -0.3 is 19.9 Å². The summed E-state index contributed by atoms with van der Waals surface area (Å²) in [5.74, 6) is 0.0125. The number of aliphatic hydroxyl groups is 1. The fourth-order valence-electron chi connectivity index (χ4n) is 3.80. The fraction of sp³-hybridized carbons (Fsp3) is 0.550. The molecule has 0 aliphatic carbocycles. The first-order valence-electron chi connectivity index (χ1n) is 9.49. The Morgan fingerprint density at radius 3 is 2.85 bits per heavy atom. The Hall–Kier alpha value is -2.25. The van der Waals surface area contributed by atoms with Crippen molar-refractivity contribution in [1.29, 1.82) is 0 Å². The predicted molar refractivity (Wildman–Crippen MR) is 105 cm³/mol. The zero-order chi connectivity index (χ0) is 19.4. The minimum atomic E-state index is -0.740. The van der Waals surface area contributed by atoms with Gasteiger partial charge in [-0.2, -0.15) is 0 Å². The van der Waals surface area contributed by atoms with Crippen molar-refractivity contribution >= 4 is 16.9 Å². The van der Waals surface area contributed by atoms with Gasteiger partial charge in [-0.3, -0.25) is 9.59 Å². The number of hydrogen-bond donors (Lipinski definition) is 2. The number of rotatable bonds is 5. The molecule has 1 amide bonds. The highest BCUT2D eigenvalue weighted by atomic mass is 16.3. The smallest absolute Gasteiger partial charge is 0.270 e. The van der Waals surface area contributed by atoms with Crippen LogP contribution in [0.2, 0.25) is 0 Å². The van der Waals surface area contributed by atoms with Crippen molar-refractivity contribution in [2.45, 2.75) is 37.7 Å². The van der Waals surface area contributed by atoms with Crippen LogP contribution in [0.4, 0.5) is 0 Å². The standard InChI is InChI=1S/C20H28N4O3/c1-23(2)14-20(27)10-5-12-24(13-11-20)18(25)9-8-17-19(26)22-16-7-4-3-6-15(16)21-17/h3-4,6-7,27H,5,8-14H2,1-2H3,(H,22,26)/t20-/m1/s1. The van der Waals surface area contributed by atoms with Gasteiger partial charge in [0.05, 0.1) is 16.6 Å². The largest absolute Gasteiger partial charge is 0.388 e. The Kier molecular flexibility index (Phi) is 5.92. The van der Waals surface area contributed by atoms with Gasteiger partial charge in [-0.25, -0.2) is 4.98 Å². The van der Waals surface area contributed by atoms with Crippen LogP contribution in [-0.4, -0.2) is 70.1 Å². The second-order valence-electron chi connectivity index (χ2n) is 7.73. The van der Waals surface area contributed by atoms with Crippen LogP contribution in [0, 0.1) is 0 Å². The third-order valence-electron chi connectivity index (χ3n) is 5.13. The summed E-state index contributed by atoms with van der Waals surface area (Å²) in [6, 6.07) is 7.37. The van der Waals surface area contributed by atoms with Crippen molar-refractivity contribution in [2.24, 2.45) is 0 Å². The molecular weight excluding hydrogens is 344 g/mol. The van der Waals surface area contributed by atoms with E-state index in [2.05, 4.69) is 9.97 Å². The molecule has 27 heavy (non-hydrogen) atoms. The van der Waals surface area contributed by atoms with E-state index in [1.54, 1.807) is 0 Å². The molecule has 0 spiro atoms. The number of aryl methyl sites for hydroxylation is 1. The van der Waals surface area contributed by atoms with Crippen LogP contribution in [0.3, 0.4) is 0 Å². The Labute approximate surface area is 159 Å². The van der Waals surface area contributed by atoms with E-state index in [-0.39, 0.29) is 17.9 Å². The number of nitrogens with zero attached hydrogens (tertiary/aromatic N) is 3. The predicted octanol–water partition coefficient (Wildman–Crippen LogP) is 1.16. The lowest BCUT2D eigenvalue weighted by Gasteiger charge is -2.30. The first-order chi connectivity index (χ1) is 12.9. The maximum Gasteiger partial charge on any atom is 0.270 e. The number of H-pyrrole nitrogens is 1. The third kappa shape index (κ3) is 4.93. The summed E-state index contributed by atoms with van der Waals surface area (Å²) < 4.78 is 0. The first-order valence-corrected chi connectivity index (χ1v) is 9.49. The molecule has 7 heteroatoms. The lowest BCUT2D eigenvalue weighted by Crippen LogP contribution is -2.41. The molecule has 2 aromatic rings. The van der Waals surface area contributed by atoms with E-state index in [0.717, 1.165) is 11.9 Å². The Morgan fingerprint density at radius 2 is 2.07 bits per heavy atom. The summed E-state index contributed by atoms with van der Waals surface area (Å²) in [6.07, 6.45) is 2.62. The molecule has 1 saturated heterocycles. The van der Waals surface area contributed by atoms with Gasteiger partial charge in [-0.1, -0.05) is 12.1 Å². The molecule has 0 radical (unpaired) electrons. The Morgan fingerprint density at radius 1 is 1.30 bits per heavy atom. The average molecular weight is 372 g/mol. The summed E-state index contributed by atoms with van der Waals surface area (Å²) in [6.45, 7) is 1.80. The van der Waals surface area contributed by atoms with Gasteiger partial charge in [0.15, 0.2) is 0 Å². The summed E-state index contributed by atoms with van der Waals surface area (Å²) in [7, 11) is 3.89. The maximum atomic E-state index is 12.6. The number of aromatic amines is 1. The molecule has 1 aromatic heterocycles. The van der Waals surface area contributed by atoms with Crippen LogP contribution < -0.4 is 5.56 Å². The number of benzene rings is 1. The molecule has 2 heterocycles. The molecule has 1 aliphatic rings. The normalized spacial score (nSPS) is 20.8. The number of carbonyl (C=O) groups is 1. The van der Waals surface area contributed by atoms with Crippen molar-refractivity contribution in [3.05, 3.63) is 40.3 Å². The second-order valence-corrected chi connectivity index (χ2v) is 7.73. The number of fused-ring (bicyclic) bond motifs is 1. The van der Waals surface area contributed by atoms with Gasteiger partial charge in [0, 0.05) is 32.5 Å². The van der Waals surface area contributed by atoms with Crippen LogP contribution >= 0.6 is 0 Å². The van der Waals surface area contributed by atoms with Crippen molar-refractivity contribution in [3.63, 3.8) is 0 Å². The SMILES string of the molecule is CN(C)C[C@@]1(O)CCCN(C(=O)CCc2nc3ccccc3[nH]c2=O)CC1. The molecule has 1 aromatic carbocycles. The highest BCUT2D eigenvalue weighted by molar-refractivity contribution is 5.77. The van der Waals surface area contributed by atoms with E-state index in [9.17, 15) is 14.7 Å². The minimum Gasteiger partial charge on any atom is -0.388 e. The fourth-order valence-corrected chi connectivity index (χ4v) is 3.80. The van der Waals surface area contributed by atoms with Crippen molar-refractivity contribution in [2.75, 3.05) is 33.7 Å². The molecule has 146 valence electrons. The molecule has 0 bridgehead atoms. The number of nitrogens with one attached hydrogen (secondary N) is 1. The van der Waals surface area contributed by atoms with Crippen LogP contribution in [0.15, 0.2) is 29.1 Å². The molecule has 1 fully saturated rings. The first kappa shape index (κ1) is 19.5. The molecule has 1 atom stereocenters. The monoisotopic (exact) mass is 372 g/mol. The van der Waals surface area contributed by atoms with Crippen LogP contribution in [0.5, 0.6) is 0 Å². The Bertz CT molecular complexity index is 864. The van der Waals surface area contributed by atoms with E-state index in [0.29, 0.717) is 50.1 Å². The van der Waals surface area contributed by atoms with E-state index in [1.807, 2.05) is 48.2 Å². The zero-order valence-electron chi connectivity index (χ0n) is 16.1. The topological polar surface area (TPSA) is 89.5 Å². The number of amides is 1. The quantitative estimate of drug-likeness (QED) is 0.822. The highest BCUT2D eigenvalue weighted by Crippen LogP contribution is 2.23. The van der Waals surface area contributed by atoms with Gasteiger partial charge in [0.2, 0.25) is 5.91 Å². The molecule has 0 unspecified atom stereocenters. The number of carbonyl (C=O) groups excluding carboxylic acids is 1.